The molecule has 0 radical (unpaired) electrons. The minimum Gasteiger partial charge on any atom is -0.409 e. The molecule has 0 atom stereocenters. The van der Waals surface area contributed by atoms with Crippen LogP contribution in [0.25, 0.3) is 0 Å². The van der Waals surface area contributed by atoms with E-state index in [1.54, 1.807) is 12.4 Å². The molecule has 18 heavy (non-hydrogen) atoms. The molecular formula is C11H13N5OS. The molecule has 2 aromatic heterocycles. The van der Waals surface area contributed by atoms with Gasteiger partial charge in [-0.05, 0) is 30.3 Å². The van der Waals surface area contributed by atoms with E-state index < -0.39 is 0 Å². The Bertz CT molecular complexity index is 593. The van der Waals surface area contributed by atoms with Crippen molar-refractivity contribution in [1.82, 2.24) is 14.5 Å². The Morgan fingerprint density at radius 1 is 1.44 bits per heavy atom. The molecule has 94 valence electrons. The largest absolute Gasteiger partial charge is 0.409 e. The first kappa shape index (κ1) is 12.4. The van der Waals surface area contributed by atoms with Crippen molar-refractivity contribution in [2.75, 3.05) is 0 Å². The van der Waals surface area contributed by atoms with Gasteiger partial charge < -0.3 is 15.5 Å². The maximum Gasteiger partial charge on any atom is 0.174 e. The number of pyridine rings is 1. The van der Waals surface area contributed by atoms with Crippen LogP contribution in [0.1, 0.15) is 11.1 Å². The van der Waals surface area contributed by atoms with Gasteiger partial charge in [0.25, 0.3) is 0 Å². The summed E-state index contributed by atoms with van der Waals surface area (Å²) in [6, 6.07) is 1.82. The number of aromatic nitrogens is 3. The van der Waals surface area contributed by atoms with E-state index in [1.807, 2.05) is 30.8 Å². The molecule has 0 fully saturated rings. The lowest BCUT2D eigenvalue weighted by Crippen LogP contribution is -2.16. The van der Waals surface area contributed by atoms with Crippen LogP contribution >= 0.6 is 11.8 Å². The van der Waals surface area contributed by atoms with Crippen molar-refractivity contribution in [1.29, 1.82) is 0 Å². The lowest BCUT2D eigenvalue weighted by Gasteiger charge is -2.09. The minimum absolute atomic E-state index is 0.0531. The number of hydrogen-bond acceptors (Lipinski definition) is 5. The first-order chi connectivity index (χ1) is 8.63. The normalized spacial score (nSPS) is 11.8. The van der Waals surface area contributed by atoms with E-state index in [0.29, 0.717) is 10.6 Å². The predicted octanol–water partition coefficient (Wildman–Crippen LogP) is 1.37. The third-order valence-corrected chi connectivity index (χ3v) is 3.53. The van der Waals surface area contributed by atoms with Gasteiger partial charge in [-0.25, -0.2) is 9.97 Å². The summed E-state index contributed by atoms with van der Waals surface area (Å²) in [5.74, 6) is 0.0531. The molecule has 0 amide bonds. The van der Waals surface area contributed by atoms with Crippen LogP contribution in [0.5, 0.6) is 0 Å². The van der Waals surface area contributed by atoms with Gasteiger partial charge in [0.2, 0.25) is 0 Å². The maximum atomic E-state index is 8.82. The lowest BCUT2D eigenvalue weighted by molar-refractivity contribution is 0.318. The molecule has 0 aliphatic rings. The van der Waals surface area contributed by atoms with E-state index in [-0.39, 0.29) is 5.84 Å². The van der Waals surface area contributed by atoms with Gasteiger partial charge in [0.15, 0.2) is 11.0 Å². The van der Waals surface area contributed by atoms with E-state index >= 15 is 0 Å². The highest BCUT2D eigenvalue weighted by molar-refractivity contribution is 7.99. The van der Waals surface area contributed by atoms with Crippen molar-refractivity contribution in [2.45, 2.75) is 17.1 Å². The number of hydrogen-bond donors (Lipinski definition) is 2. The fourth-order valence-corrected chi connectivity index (χ4v) is 2.48. The number of nitrogens with zero attached hydrogens (tertiary/aromatic N) is 4. The zero-order valence-corrected chi connectivity index (χ0v) is 10.8. The second-order valence-electron chi connectivity index (χ2n) is 3.72. The molecule has 0 spiro atoms. The van der Waals surface area contributed by atoms with Crippen molar-refractivity contribution in [3.8, 4) is 0 Å². The Kier molecular flexibility index (Phi) is 3.52. The van der Waals surface area contributed by atoms with Crippen LogP contribution in [0.2, 0.25) is 0 Å². The Hall–Kier alpha value is -2.02. The second kappa shape index (κ2) is 5.09. The van der Waals surface area contributed by atoms with E-state index in [9.17, 15) is 0 Å². The summed E-state index contributed by atoms with van der Waals surface area (Å²) < 4.78 is 1.88. The zero-order chi connectivity index (χ0) is 13.1. The van der Waals surface area contributed by atoms with Crippen LogP contribution in [0.4, 0.5) is 0 Å². The average Bonchev–Trinajstić information content (AvgIpc) is 2.74. The van der Waals surface area contributed by atoms with Crippen molar-refractivity contribution < 1.29 is 5.21 Å². The quantitative estimate of drug-likeness (QED) is 0.378. The van der Waals surface area contributed by atoms with E-state index in [0.717, 1.165) is 10.7 Å². The highest BCUT2D eigenvalue weighted by atomic mass is 32.2. The fourth-order valence-electron chi connectivity index (χ4n) is 1.51. The van der Waals surface area contributed by atoms with Crippen molar-refractivity contribution >= 4 is 17.6 Å². The molecule has 2 rings (SSSR count). The summed E-state index contributed by atoms with van der Waals surface area (Å²) in [6.07, 6.45) is 5.25. The van der Waals surface area contributed by atoms with Gasteiger partial charge in [0.05, 0.1) is 5.56 Å². The molecule has 2 heterocycles. The summed E-state index contributed by atoms with van der Waals surface area (Å²) in [4.78, 5) is 8.47. The Morgan fingerprint density at radius 2 is 2.22 bits per heavy atom. The topological polar surface area (TPSA) is 89.3 Å². The van der Waals surface area contributed by atoms with Crippen LogP contribution in [0, 0.1) is 6.92 Å². The van der Waals surface area contributed by atoms with Gasteiger partial charge >= 0.3 is 0 Å². The van der Waals surface area contributed by atoms with Crippen LogP contribution in [-0.4, -0.2) is 25.6 Å². The van der Waals surface area contributed by atoms with Crippen LogP contribution < -0.4 is 5.73 Å². The Balaban J connectivity index is 2.45. The average molecular weight is 263 g/mol. The van der Waals surface area contributed by atoms with Crippen LogP contribution in [0.3, 0.4) is 0 Å². The summed E-state index contributed by atoms with van der Waals surface area (Å²) in [5, 5.41) is 13.3. The number of oxime groups is 1. The molecule has 0 aliphatic heterocycles. The fraction of sp³-hybridized carbons (Fsp3) is 0.182. The molecule has 7 heteroatoms. The first-order valence-corrected chi connectivity index (χ1v) is 6.03. The van der Waals surface area contributed by atoms with E-state index in [4.69, 9.17) is 10.9 Å². The lowest BCUT2D eigenvalue weighted by atomic mass is 10.1. The monoisotopic (exact) mass is 263 g/mol. The predicted molar refractivity (Wildman–Crippen MR) is 68.8 cm³/mol. The standard InChI is InChI=1S/C11H13N5OS/c1-7-3-4-13-10(8(7)9(12)15-17)18-11-14-5-6-16(11)2/h3-6,17H,1-2H3,(H2,12,15). The molecule has 2 aromatic rings. The van der Waals surface area contributed by atoms with Gasteiger partial charge in [-0.15, -0.1) is 0 Å². The van der Waals surface area contributed by atoms with E-state index in [1.165, 1.54) is 11.8 Å². The summed E-state index contributed by atoms with van der Waals surface area (Å²) in [5.41, 5.74) is 7.21. The van der Waals surface area contributed by atoms with Crippen molar-refractivity contribution in [3.05, 3.63) is 35.8 Å². The number of amidine groups is 1. The molecule has 0 unspecified atom stereocenters. The van der Waals surface area contributed by atoms with Crippen molar-refractivity contribution in [2.24, 2.45) is 17.9 Å². The molecule has 3 N–H and O–H groups in total. The zero-order valence-electron chi connectivity index (χ0n) is 10.0. The summed E-state index contributed by atoms with van der Waals surface area (Å²) >= 11 is 1.37. The number of aryl methyl sites for hydroxylation is 2. The van der Waals surface area contributed by atoms with Gasteiger partial charge in [-0.3, -0.25) is 0 Å². The maximum absolute atomic E-state index is 8.82. The minimum atomic E-state index is 0.0531. The molecule has 0 aliphatic carbocycles. The Labute approximate surface area is 109 Å². The molecule has 0 aromatic carbocycles. The van der Waals surface area contributed by atoms with Crippen molar-refractivity contribution in [3.63, 3.8) is 0 Å². The van der Waals surface area contributed by atoms with Gasteiger partial charge in [-0.1, -0.05) is 5.16 Å². The van der Waals surface area contributed by atoms with Crippen LogP contribution in [-0.2, 0) is 7.05 Å². The third kappa shape index (κ3) is 2.30. The first-order valence-electron chi connectivity index (χ1n) is 5.22. The number of imidazole rings is 1. The summed E-state index contributed by atoms with van der Waals surface area (Å²) in [6.45, 7) is 1.89. The van der Waals surface area contributed by atoms with E-state index in [2.05, 4.69) is 15.1 Å². The van der Waals surface area contributed by atoms with Gasteiger partial charge in [-0.2, -0.15) is 0 Å². The molecule has 0 bridgehead atoms. The highest BCUT2D eigenvalue weighted by Crippen LogP contribution is 2.28. The summed E-state index contributed by atoms with van der Waals surface area (Å²) in [7, 11) is 1.90. The number of rotatable bonds is 3. The SMILES string of the molecule is Cc1ccnc(Sc2nccn2C)c1/C(N)=N/O. The van der Waals surface area contributed by atoms with Crippen LogP contribution in [0.15, 0.2) is 40.0 Å². The molecule has 6 nitrogen and oxygen atoms in total. The van der Waals surface area contributed by atoms with Gasteiger partial charge in [0.1, 0.15) is 5.03 Å². The van der Waals surface area contributed by atoms with Gasteiger partial charge in [0, 0.05) is 25.6 Å². The third-order valence-electron chi connectivity index (χ3n) is 2.45. The second-order valence-corrected chi connectivity index (χ2v) is 4.67. The number of nitrogens with two attached hydrogens (primary N) is 1. The molecule has 0 saturated carbocycles. The molecule has 0 saturated heterocycles. The highest BCUT2D eigenvalue weighted by Gasteiger charge is 2.14. The smallest absolute Gasteiger partial charge is 0.174 e. The molecular weight excluding hydrogens is 250 g/mol. The Morgan fingerprint density at radius 3 is 2.83 bits per heavy atom.